The summed E-state index contributed by atoms with van der Waals surface area (Å²) in [6.45, 7) is -0.120. The fourth-order valence-corrected chi connectivity index (χ4v) is 3.05. The van der Waals surface area contributed by atoms with Crippen LogP contribution in [-0.2, 0) is 12.7 Å². The van der Waals surface area contributed by atoms with E-state index in [2.05, 4.69) is 5.32 Å². The summed E-state index contributed by atoms with van der Waals surface area (Å²) in [5.74, 6) is -3.28. The summed E-state index contributed by atoms with van der Waals surface area (Å²) in [7, 11) is 0. The number of benzene rings is 3. The van der Waals surface area contributed by atoms with E-state index in [1.54, 1.807) is 30.3 Å². The van der Waals surface area contributed by atoms with Gasteiger partial charge in [-0.2, -0.15) is 13.2 Å². The number of aromatic carboxylic acids is 1. The monoisotopic (exact) mass is 451 g/mol. The van der Waals surface area contributed by atoms with Crippen LogP contribution in [-0.4, -0.2) is 17.0 Å². The zero-order valence-corrected chi connectivity index (χ0v) is 16.4. The second-order valence-corrected chi connectivity index (χ2v) is 6.97. The van der Waals surface area contributed by atoms with Crippen LogP contribution < -0.4 is 5.32 Å². The molecule has 0 unspecified atom stereocenters. The van der Waals surface area contributed by atoms with Gasteiger partial charge in [0.05, 0.1) is 16.7 Å². The minimum Gasteiger partial charge on any atom is -0.478 e. The van der Waals surface area contributed by atoms with Gasteiger partial charge in [0.2, 0.25) is 0 Å². The Morgan fingerprint density at radius 2 is 1.68 bits per heavy atom. The molecule has 3 aromatic carbocycles. The van der Waals surface area contributed by atoms with E-state index in [1.807, 2.05) is 0 Å². The van der Waals surface area contributed by atoms with E-state index in [9.17, 15) is 27.2 Å². The van der Waals surface area contributed by atoms with Crippen molar-refractivity contribution < 1.29 is 32.3 Å². The van der Waals surface area contributed by atoms with Gasteiger partial charge in [0, 0.05) is 11.6 Å². The van der Waals surface area contributed by atoms with E-state index < -0.39 is 35.0 Å². The number of carboxylic acid groups (broad SMARTS) is 1. The molecule has 3 aromatic rings. The Morgan fingerprint density at radius 3 is 2.32 bits per heavy atom. The van der Waals surface area contributed by atoms with Crippen LogP contribution in [0.3, 0.4) is 0 Å². The maximum atomic E-state index is 14.0. The Hall–Kier alpha value is -3.39. The van der Waals surface area contributed by atoms with Gasteiger partial charge < -0.3 is 10.4 Å². The van der Waals surface area contributed by atoms with Crippen LogP contribution in [0.1, 0.15) is 31.8 Å². The first-order valence-electron chi connectivity index (χ1n) is 8.83. The molecule has 0 atom stereocenters. The first kappa shape index (κ1) is 22.3. The fraction of sp³-hybridized carbons (Fsp3) is 0.0909. The lowest BCUT2D eigenvalue weighted by Crippen LogP contribution is -2.24. The van der Waals surface area contributed by atoms with E-state index in [0.717, 1.165) is 6.07 Å². The molecule has 0 aliphatic carbocycles. The molecule has 4 nitrogen and oxygen atoms in total. The first-order chi connectivity index (χ1) is 14.6. The Bertz CT molecular complexity index is 1160. The Morgan fingerprint density at radius 1 is 0.968 bits per heavy atom. The first-order valence-corrected chi connectivity index (χ1v) is 9.21. The number of carbonyl (C=O) groups is 2. The largest absolute Gasteiger partial charge is 0.478 e. The molecule has 0 aromatic heterocycles. The molecule has 1 amide bonds. The number of carboxylic acids is 1. The average Bonchev–Trinajstić information content (AvgIpc) is 2.72. The number of carbonyl (C=O) groups excluding carboxylic acids is 1. The molecule has 9 heteroatoms. The van der Waals surface area contributed by atoms with Crippen molar-refractivity contribution in [2.24, 2.45) is 0 Å². The summed E-state index contributed by atoms with van der Waals surface area (Å²) in [6, 6.07) is 12.7. The van der Waals surface area contributed by atoms with Crippen molar-refractivity contribution in [3.63, 3.8) is 0 Å². The van der Waals surface area contributed by atoms with Crippen molar-refractivity contribution in [1.29, 1.82) is 0 Å². The summed E-state index contributed by atoms with van der Waals surface area (Å²) in [4.78, 5) is 23.4. The zero-order chi connectivity index (χ0) is 22.8. The number of hydrogen-bond acceptors (Lipinski definition) is 2. The van der Waals surface area contributed by atoms with Gasteiger partial charge in [-0.05, 0) is 59.2 Å². The third kappa shape index (κ3) is 5.21. The highest BCUT2D eigenvalue weighted by Gasteiger charge is 2.31. The van der Waals surface area contributed by atoms with E-state index in [-0.39, 0.29) is 18.2 Å². The van der Waals surface area contributed by atoms with Crippen molar-refractivity contribution in [3.05, 3.63) is 93.8 Å². The van der Waals surface area contributed by atoms with Crippen molar-refractivity contribution in [2.45, 2.75) is 12.7 Å². The number of alkyl halides is 3. The summed E-state index contributed by atoms with van der Waals surface area (Å²) in [5.41, 5.74) is 0.0753. The lowest BCUT2D eigenvalue weighted by molar-refractivity contribution is -0.137. The number of rotatable bonds is 5. The van der Waals surface area contributed by atoms with Crippen molar-refractivity contribution in [3.8, 4) is 11.1 Å². The second-order valence-electron chi connectivity index (χ2n) is 6.57. The smallest absolute Gasteiger partial charge is 0.416 e. The molecular weight excluding hydrogens is 438 g/mol. The lowest BCUT2D eigenvalue weighted by atomic mass is 10.0. The van der Waals surface area contributed by atoms with E-state index in [4.69, 9.17) is 16.7 Å². The van der Waals surface area contributed by atoms with Gasteiger partial charge in [-0.15, -0.1) is 0 Å². The van der Waals surface area contributed by atoms with E-state index in [0.29, 0.717) is 27.8 Å². The number of hydrogen-bond donors (Lipinski definition) is 2. The fourth-order valence-electron chi connectivity index (χ4n) is 2.87. The van der Waals surface area contributed by atoms with E-state index in [1.165, 1.54) is 12.1 Å². The SMILES string of the molecule is O=C(O)c1cccc(-c2ccc(Cl)c(CNC(=O)c3ccc(C(F)(F)F)cc3F)c2)c1. The lowest BCUT2D eigenvalue weighted by Gasteiger charge is -2.12. The summed E-state index contributed by atoms with van der Waals surface area (Å²) in [6.07, 6.45) is -4.72. The van der Waals surface area contributed by atoms with Gasteiger partial charge in [0.1, 0.15) is 5.82 Å². The second kappa shape index (κ2) is 8.77. The Balaban J connectivity index is 1.79. The maximum Gasteiger partial charge on any atom is 0.416 e. The molecule has 0 spiro atoms. The number of amides is 1. The van der Waals surface area contributed by atoms with Crippen molar-refractivity contribution in [2.75, 3.05) is 0 Å². The van der Waals surface area contributed by atoms with Gasteiger partial charge in [-0.25, -0.2) is 9.18 Å². The van der Waals surface area contributed by atoms with Crippen LogP contribution in [0.5, 0.6) is 0 Å². The highest BCUT2D eigenvalue weighted by Crippen LogP contribution is 2.30. The summed E-state index contributed by atoms with van der Waals surface area (Å²) >= 11 is 6.15. The van der Waals surface area contributed by atoms with Gasteiger partial charge in [0.25, 0.3) is 5.91 Å². The molecule has 0 saturated carbocycles. The molecule has 0 bridgehead atoms. The van der Waals surface area contributed by atoms with Gasteiger partial charge in [-0.3, -0.25) is 4.79 Å². The maximum absolute atomic E-state index is 14.0. The van der Waals surface area contributed by atoms with Crippen LogP contribution in [0.4, 0.5) is 17.6 Å². The van der Waals surface area contributed by atoms with Crippen LogP contribution in [0.25, 0.3) is 11.1 Å². The average molecular weight is 452 g/mol. The molecule has 160 valence electrons. The molecule has 0 saturated heterocycles. The predicted octanol–water partition coefficient (Wildman–Crippen LogP) is 5.79. The molecule has 0 aliphatic heterocycles. The molecule has 0 radical (unpaired) electrons. The van der Waals surface area contributed by atoms with Crippen molar-refractivity contribution >= 4 is 23.5 Å². The minimum atomic E-state index is -4.72. The summed E-state index contributed by atoms with van der Waals surface area (Å²) in [5, 5.41) is 11.9. The molecule has 0 heterocycles. The summed E-state index contributed by atoms with van der Waals surface area (Å²) < 4.78 is 51.9. The normalized spacial score (nSPS) is 11.3. The molecule has 3 rings (SSSR count). The molecule has 2 N–H and O–H groups in total. The van der Waals surface area contributed by atoms with E-state index >= 15 is 0 Å². The highest BCUT2D eigenvalue weighted by atomic mass is 35.5. The van der Waals surface area contributed by atoms with Gasteiger partial charge in [-0.1, -0.05) is 29.8 Å². The van der Waals surface area contributed by atoms with Gasteiger partial charge >= 0.3 is 12.1 Å². The van der Waals surface area contributed by atoms with Crippen molar-refractivity contribution in [1.82, 2.24) is 5.32 Å². The molecule has 0 aliphatic rings. The third-order valence-corrected chi connectivity index (χ3v) is 4.84. The zero-order valence-electron chi connectivity index (χ0n) is 15.6. The minimum absolute atomic E-state index is 0.0973. The Kier molecular flexibility index (Phi) is 6.31. The third-order valence-electron chi connectivity index (χ3n) is 4.47. The number of halogens is 5. The standard InChI is InChI=1S/C22H14ClF4NO3/c23-18-7-4-13(12-2-1-3-14(8-12)21(30)31)9-15(18)11-28-20(29)17-6-5-16(10-19(17)24)22(25,26)27/h1-10H,11H2,(H,28,29)(H,30,31). The molecule has 0 fully saturated rings. The topological polar surface area (TPSA) is 66.4 Å². The van der Waals surface area contributed by atoms with Crippen LogP contribution in [0.15, 0.2) is 60.7 Å². The molecule has 31 heavy (non-hydrogen) atoms. The number of nitrogens with one attached hydrogen (secondary N) is 1. The van der Waals surface area contributed by atoms with Crippen LogP contribution >= 0.6 is 11.6 Å². The van der Waals surface area contributed by atoms with Crippen LogP contribution in [0, 0.1) is 5.82 Å². The van der Waals surface area contributed by atoms with Crippen LogP contribution in [0.2, 0.25) is 5.02 Å². The quantitative estimate of drug-likeness (QED) is 0.482. The highest BCUT2D eigenvalue weighted by molar-refractivity contribution is 6.31. The Labute approximate surface area is 179 Å². The predicted molar refractivity (Wildman–Crippen MR) is 106 cm³/mol. The molecular formula is C22H14ClF4NO3. The van der Waals surface area contributed by atoms with Gasteiger partial charge in [0.15, 0.2) is 0 Å².